The zero-order valence-corrected chi connectivity index (χ0v) is 13.0. The molecule has 0 N–H and O–H groups in total. The minimum absolute atomic E-state index is 0.391. The molecule has 0 amide bonds. The standard InChI is InChI=1S/C15H22N2O3S/c18-21(19,15-4-2-1-3-5-15)17-9-7-16(8-10-17)12-14-6-11-20-13-14/h1-5,14H,6-13H2/t14-/m1/s1. The quantitative estimate of drug-likeness (QED) is 0.833. The second-order valence-corrected chi connectivity index (χ2v) is 7.69. The fraction of sp³-hybridized carbons (Fsp3) is 0.600. The Morgan fingerprint density at radius 1 is 1.10 bits per heavy atom. The van der Waals surface area contributed by atoms with Gasteiger partial charge in [-0.1, -0.05) is 18.2 Å². The van der Waals surface area contributed by atoms with E-state index in [4.69, 9.17) is 4.74 Å². The monoisotopic (exact) mass is 310 g/mol. The van der Waals surface area contributed by atoms with Gasteiger partial charge in [-0.15, -0.1) is 0 Å². The molecule has 0 saturated carbocycles. The van der Waals surface area contributed by atoms with Crippen molar-refractivity contribution in [1.82, 2.24) is 9.21 Å². The van der Waals surface area contributed by atoms with Crippen LogP contribution in [-0.2, 0) is 14.8 Å². The van der Waals surface area contributed by atoms with E-state index in [1.165, 1.54) is 0 Å². The van der Waals surface area contributed by atoms with Gasteiger partial charge in [0.2, 0.25) is 10.0 Å². The fourth-order valence-electron chi connectivity index (χ4n) is 2.99. The third kappa shape index (κ3) is 3.45. The summed E-state index contributed by atoms with van der Waals surface area (Å²) in [6.07, 6.45) is 1.13. The van der Waals surface area contributed by atoms with E-state index in [-0.39, 0.29) is 0 Å². The number of sulfonamides is 1. The van der Waals surface area contributed by atoms with Crippen LogP contribution in [0.2, 0.25) is 0 Å². The first kappa shape index (κ1) is 15.0. The number of piperazine rings is 1. The Morgan fingerprint density at radius 3 is 2.43 bits per heavy atom. The number of nitrogens with zero attached hydrogens (tertiary/aromatic N) is 2. The molecule has 0 aliphatic carbocycles. The van der Waals surface area contributed by atoms with Crippen molar-refractivity contribution in [2.24, 2.45) is 5.92 Å². The van der Waals surface area contributed by atoms with Gasteiger partial charge >= 0.3 is 0 Å². The van der Waals surface area contributed by atoms with Crippen LogP contribution in [0.3, 0.4) is 0 Å². The van der Waals surface area contributed by atoms with Gasteiger partial charge in [-0.2, -0.15) is 4.31 Å². The van der Waals surface area contributed by atoms with Crippen LogP contribution in [0.25, 0.3) is 0 Å². The summed E-state index contributed by atoms with van der Waals surface area (Å²) in [6, 6.07) is 8.70. The van der Waals surface area contributed by atoms with Gasteiger partial charge < -0.3 is 9.64 Å². The summed E-state index contributed by atoms with van der Waals surface area (Å²) in [5.74, 6) is 0.613. The lowest BCUT2D eigenvalue weighted by Gasteiger charge is -2.35. The molecule has 116 valence electrons. The first-order valence-corrected chi connectivity index (χ1v) is 8.95. The molecule has 6 heteroatoms. The Balaban J connectivity index is 1.58. The molecule has 0 spiro atoms. The van der Waals surface area contributed by atoms with Gasteiger partial charge in [0.25, 0.3) is 0 Å². The Hall–Kier alpha value is -0.950. The molecule has 0 bridgehead atoms. The van der Waals surface area contributed by atoms with Crippen molar-refractivity contribution in [3.63, 3.8) is 0 Å². The second-order valence-electron chi connectivity index (χ2n) is 5.75. The predicted molar refractivity (Wildman–Crippen MR) is 80.6 cm³/mol. The Morgan fingerprint density at radius 2 is 1.81 bits per heavy atom. The molecule has 2 saturated heterocycles. The molecule has 3 rings (SSSR count). The van der Waals surface area contributed by atoms with Crippen LogP contribution in [0.5, 0.6) is 0 Å². The van der Waals surface area contributed by atoms with Gasteiger partial charge in [0, 0.05) is 39.3 Å². The highest BCUT2D eigenvalue weighted by molar-refractivity contribution is 7.89. The lowest BCUT2D eigenvalue weighted by molar-refractivity contribution is 0.143. The molecule has 1 atom stereocenters. The minimum Gasteiger partial charge on any atom is -0.381 e. The van der Waals surface area contributed by atoms with Gasteiger partial charge in [0.1, 0.15) is 0 Å². The average Bonchev–Trinajstić information content (AvgIpc) is 3.02. The van der Waals surface area contributed by atoms with Crippen molar-refractivity contribution in [3.8, 4) is 0 Å². The summed E-state index contributed by atoms with van der Waals surface area (Å²) < 4.78 is 32.1. The zero-order chi connectivity index (χ0) is 14.7. The van der Waals surface area contributed by atoms with Gasteiger partial charge in [-0.3, -0.25) is 0 Å². The van der Waals surface area contributed by atoms with Crippen LogP contribution in [0.15, 0.2) is 35.2 Å². The van der Waals surface area contributed by atoms with Crippen LogP contribution in [0, 0.1) is 5.92 Å². The molecule has 2 heterocycles. The molecular weight excluding hydrogens is 288 g/mol. The normalized spacial score (nSPS) is 25.2. The van der Waals surface area contributed by atoms with E-state index < -0.39 is 10.0 Å². The first-order valence-electron chi connectivity index (χ1n) is 7.51. The highest BCUT2D eigenvalue weighted by Crippen LogP contribution is 2.19. The molecule has 2 aliphatic heterocycles. The summed E-state index contributed by atoms with van der Waals surface area (Å²) in [7, 11) is -3.33. The molecule has 5 nitrogen and oxygen atoms in total. The predicted octanol–water partition coefficient (Wildman–Crippen LogP) is 1.03. The van der Waals surface area contributed by atoms with Crippen LogP contribution < -0.4 is 0 Å². The average molecular weight is 310 g/mol. The maximum Gasteiger partial charge on any atom is 0.243 e. The smallest absolute Gasteiger partial charge is 0.243 e. The van der Waals surface area contributed by atoms with Gasteiger partial charge in [-0.25, -0.2) is 8.42 Å². The lowest BCUT2D eigenvalue weighted by Crippen LogP contribution is -2.49. The van der Waals surface area contributed by atoms with Crippen LogP contribution >= 0.6 is 0 Å². The van der Waals surface area contributed by atoms with Crippen molar-refractivity contribution in [1.29, 1.82) is 0 Å². The molecule has 2 aliphatic rings. The highest BCUT2D eigenvalue weighted by atomic mass is 32.2. The van der Waals surface area contributed by atoms with Gasteiger partial charge in [0.15, 0.2) is 0 Å². The third-order valence-corrected chi connectivity index (χ3v) is 6.17. The van der Waals surface area contributed by atoms with Crippen LogP contribution in [-0.4, -0.2) is 63.6 Å². The summed E-state index contributed by atoms with van der Waals surface area (Å²) in [6.45, 7) is 5.51. The summed E-state index contributed by atoms with van der Waals surface area (Å²) in [4.78, 5) is 2.75. The molecule has 0 aromatic heterocycles. The number of ether oxygens (including phenoxy) is 1. The van der Waals surface area contributed by atoms with Gasteiger partial charge in [0.05, 0.1) is 11.5 Å². The SMILES string of the molecule is O=S(=O)(c1ccccc1)N1CCN(C[C@H]2CCOC2)CC1. The largest absolute Gasteiger partial charge is 0.381 e. The summed E-state index contributed by atoms with van der Waals surface area (Å²) >= 11 is 0. The van der Waals surface area contributed by atoms with Gasteiger partial charge in [-0.05, 0) is 24.5 Å². The van der Waals surface area contributed by atoms with Crippen molar-refractivity contribution in [2.75, 3.05) is 45.9 Å². The van der Waals surface area contributed by atoms with E-state index in [2.05, 4.69) is 4.90 Å². The zero-order valence-electron chi connectivity index (χ0n) is 12.1. The lowest BCUT2D eigenvalue weighted by atomic mass is 10.1. The van der Waals surface area contributed by atoms with Crippen LogP contribution in [0.1, 0.15) is 6.42 Å². The first-order chi connectivity index (χ1) is 10.2. The molecule has 1 aromatic rings. The Kier molecular flexibility index (Phi) is 4.59. The van der Waals surface area contributed by atoms with E-state index in [1.807, 2.05) is 6.07 Å². The number of benzene rings is 1. The summed E-state index contributed by atoms with van der Waals surface area (Å²) in [5, 5.41) is 0. The second kappa shape index (κ2) is 6.44. The maximum atomic E-state index is 12.5. The van der Waals surface area contributed by atoms with E-state index in [9.17, 15) is 8.42 Å². The fourth-order valence-corrected chi connectivity index (χ4v) is 4.43. The van der Waals surface area contributed by atoms with Crippen molar-refractivity contribution in [3.05, 3.63) is 30.3 Å². The molecule has 0 radical (unpaired) electrons. The summed E-state index contributed by atoms with van der Waals surface area (Å²) in [5.41, 5.74) is 0. The van der Waals surface area contributed by atoms with E-state index in [1.54, 1.807) is 28.6 Å². The van der Waals surface area contributed by atoms with Crippen molar-refractivity contribution < 1.29 is 13.2 Å². The Bertz CT molecular complexity index is 548. The molecule has 2 fully saturated rings. The van der Waals surface area contributed by atoms with E-state index in [0.717, 1.165) is 39.3 Å². The maximum absolute atomic E-state index is 12.5. The molecule has 1 aromatic carbocycles. The van der Waals surface area contributed by atoms with Crippen molar-refractivity contribution in [2.45, 2.75) is 11.3 Å². The number of rotatable bonds is 4. The topological polar surface area (TPSA) is 49.9 Å². The molecular formula is C15H22N2O3S. The van der Waals surface area contributed by atoms with E-state index >= 15 is 0 Å². The minimum atomic E-state index is -3.33. The Labute approximate surface area is 126 Å². The third-order valence-electron chi connectivity index (χ3n) is 4.25. The molecule has 21 heavy (non-hydrogen) atoms. The van der Waals surface area contributed by atoms with E-state index in [0.29, 0.717) is 23.9 Å². The number of hydrogen-bond acceptors (Lipinski definition) is 4. The number of hydrogen-bond donors (Lipinski definition) is 0. The van der Waals surface area contributed by atoms with Crippen LogP contribution in [0.4, 0.5) is 0 Å². The molecule has 0 unspecified atom stereocenters. The highest BCUT2D eigenvalue weighted by Gasteiger charge is 2.29. The van der Waals surface area contributed by atoms with Crippen molar-refractivity contribution >= 4 is 10.0 Å².